The van der Waals surface area contributed by atoms with Crippen molar-refractivity contribution in [2.45, 2.75) is 27.2 Å². The van der Waals surface area contributed by atoms with E-state index in [0.717, 1.165) is 17.0 Å². The molecule has 0 aliphatic rings. The molecule has 3 nitrogen and oxygen atoms in total. The molecule has 1 amide bonds. The number of rotatable bonds is 4. The predicted octanol–water partition coefficient (Wildman–Crippen LogP) is 4.00. The molecule has 0 bridgehead atoms. The Morgan fingerprint density at radius 1 is 1.30 bits per heavy atom. The van der Waals surface area contributed by atoms with E-state index in [-0.39, 0.29) is 5.91 Å². The van der Waals surface area contributed by atoms with Crippen molar-refractivity contribution in [1.82, 2.24) is 0 Å². The number of benzene rings is 1. The van der Waals surface area contributed by atoms with Gasteiger partial charge in [0.15, 0.2) is 0 Å². The molecule has 4 heteroatoms. The fourth-order valence-corrected chi connectivity index (χ4v) is 3.06. The first-order chi connectivity index (χ1) is 9.52. The lowest BCUT2D eigenvalue weighted by Crippen LogP contribution is -2.31. The third kappa shape index (κ3) is 3.02. The second-order valence-electron chi connectivity index (χ2n) is 4.90. The van der Waals surface area contributed by atoms with Gasteiger partial charge in [0.2, 0.25) is 0 Å². The van der Waals surface area contributed by atoms with Gasteiger partial charge in [-0.15, -0.1) is 11.3 Å². The molecule has 2 aromatic rings. The number of thiophene rings is 1. The van der Waals surface area contributed by atoms with Crippen molar-refractivity contribution in [2.24, 2.45) is 0 Å². The highest BCUT2D eigenvalue weighted by Gasteiger charge is 2.19. The van der Waals surface area contributed by atoms with Gasteiger partial charge in [-0.1, -0.05) is 13.0 Å². The quantitative estimate of drug-likeness (QED) is 0.864. The number of amides is 1. The van der Waals surface area contributed by atoms with E-state index in [9.17, 15) is 4.79 Å². The zero-order valence-corrected chi connectivity index (χ0v) is 13.0. The van der Waals surface area contributed by atoms with E-state index in [1.165, 1.54) is 10.4 Å². The molecule has 0 spiro atoms. The summed E-state index contributed by atoms with van der Waals surface area (Å²) < 4.78 is 0. The van der Waals surface area contributed by atoms with Crippen molar-refractivity contribution in [3.05, 3.63) is 45.6 Å². The van der Waals surface area contributed by atoms with Crippen molar-refractivity contribution < 1.29 is 4.79 Å². The molecule has 0 radical (unpaired) electrons. The number of nitrogens with two attached hydrogens (primary N) is 1. The summed E-state index contributed by atoms with van der Waals surface area (Å²) in [7, 11) is 0. The minimum absolute atomic E-state index is 0.0543. The van der Waals surface area contributed by atoms with Crippen LogP contribution in [0.5, 0.6) is 0 Å². The van der Waals surface area contributed by atoms with Crippen LogP contribution in [0.2, 0.25) is 0 Å². The topological polar surface area (TPSA) is 46.3 Å². The molecule has 106 valence electrons. The summed E-state index contributed by atoms with van der Waals surface area (Å²) in [5.74, 6) is 0.0543. The lowest BCUT2D eigenvalue weighted by Gasteiger charge is -2.22. The van der Waals surface area contributed by atoms with Gasteiger partial charge in [0.1, 0.15) is 0 Å². The number of nitrogen functional groups attached to an aromatic ring is 1. The molecule has 1 aromatic carbocycles. The van der Waals surface area contributed by atoms with Crippen LogP contribution in [-0.2, 0) is 0 Å². The second-order valence-corrected chi connectivity index (χ2v) is 6.16. The van der Waals surface area contributed by atoms with Crippen LogP contribution in [0, 0.1) is 13.8 Å². The van der Waals surface area contributed by atoms with Gasteiger partial charge in [-0.25, -0.2) is 0 Å². The third-order valence-corrected chi connectivity index (χ3v) is 4.39. The Labute approximate surface area is 124 Å². The number of hydrogen-bond acceptors (Lipinski definition) is 3. The molecule has 0 aliphatic heterocycles. The Kier molecular flexibility index (Phi) is 4.45. The minimum atomic E-state index is 0.0543. The van der Waals surface area contributed by atoms with Crippen LogP contribution in [-0.4, -0.2) is 12.5 Å². The molecule has 2 N–H and O–H groups in total. The van der Waals surface area contributed by atoms with E-state index in [0.29, 0.717) is 12.2 Å². The van der Waals surface area contributed by atoms with Gasteiger partial charge in [0.25, 0.3) is 5.91 Å². The predicted molar refractivity (Wildman–Crippen MR) is 86.6 cm³/mol. The fourth-order valence-electron chi connectivity index (χ4n) is 2.08. The average Bonchev–Trinajstić information content (AvgIpc) is 2.75. The first-order valence-corrected chi connectivity index (χ1v) is 7.59. The molecule has 0 saturated carbocycles. The maximum atomic E-state index is 12.7. The van der Waals surface area contributed by atoms with Crippen molar-refractivity contribution in [1.29, 1.82) is 0 Å². The lowest BCUT2D eigenvalue weighted by atomic mass is 10.2. The SMILES string of the molecule is CCCN(C(=O)c1cc(C)c(C)s1)c1cccc(N)c1. The van der Waals surface area contributed by atoms with E-state index < -0.39 is 0 Å². The highest BCUT2D eigenvalue weighted by Crippen LogP contribution is 2.25. The maximum Gasteiger partial charge on any atom is 0.268 e. The van der Waals surface area contributed by atoms with Crippen LogP contribution in [0.1, 0.15) is 33.5 Å². The first kappa shape index (κ1) is 14.6. The van der Waals surface area contributed by atoms with Crippen molar-refractivity contribution in [3.8, 4) is 0 Å². The van der Waals surface area contributed by atoms with Crippen molar-refractivity contribution in [3.63, 3.8) is 0 Å². The van der Waals surface area contributed by atoms with Gasteiger partial charge in [-0.3, -0.25) is 4.79 Å². The number of hydrogen-bond donors (Lipinski definition) is 1. The first-order valence-electron chi connectivity index (χ1n) is 6.77. The van der Waals surface area contributed by atoms with E-state index in [1.807, 2.05) is 44.2 Å². The monoisotopic (exact) mass is 288 g/mol. The summed E-state index contributed by atoms with van der Waals surface area (Å²) in [5, 5.41) is 0. The molecular weight excluding hydrogens is 268 g/mol. The van der Waals surface area contributed by atoms with Gasteiger partial charge in [-0.2, -0.15) is 0 Å². The van der Waals surface area contributed by atoms with Crippen LogP contribution in [0.4, 0.5) is 11.4 Å². The normalized spacial score (nSPS) is 10.6. The van der Waals surface area contributed by atoms with Crippen LogP contribution < -0.4 is 10.6 Å². The van der Waals surface area contributed by atoms with Crippen LogP contribution in [0.3, 0.4) is 0 Å². The van der Waals surface area contributed by atoms with Crippen molar-refractivity contribution >= 4 is 28.6 Å². The second kappa shape index (κ2) is 6.09. The van der Waals surface area contributed by atoms with Crippen LogP contribution in [0.25, 0.3) is 0 Å². The zero-order valence-electron chi connectivity index (χ0n) is 12.1. The van der Waals surface area contributed by atoms with E-state index in [2.05, 4.69) is 6.92 Å². The Hall–Kier alpha value is -1.81. The summed E-state index contributed by atoms with van der Waals surface area (Å²) >= 11 is 1.55. The Morgan fingerprint density at radius 3 is 2.60 bits per heavy atom. The van der Waals surface area contributed by atoms with Gasteiger partial charge < -0.3 is 10.6 Å². The number of carbonyl (C=O) groups is 1. The molecule has 20 heavy (non-hydrogen) atoms. The standard InChI is InChI=1S/C16H20N2OS/c1-4-8-18(14-7-5-6-13(17)10-14)16(19)15-9-11(2)12(3)20-15/h5-7,9-10H,4,8,17H2,1-3H3. The minimum Gasteiger partial charge on any atom is -0.399 e. The Morgan fingerprint density at radius 2 is 2.05 bits per heavy atom. The number of carbonyl (C=O) groups excluding carboxylic acids is 1. The van der Waals surface area contributed by atoms with Gasteiger partial charge in [0.05, 0.1) is 4.88 Å². The Balaban J connectivity index is 2.35. The van der Waals surface area contributed by atoms with E-state index in [4.69, 9.17) is 5.73 Å². The summed E-state index contributed by atoms with van der Waals surface area (Å²) in [6.45, 7) is 6.84. The molecule has 0 atom stereocenters. The molecule has 1 heterocycles. The summed E-state index contributed by atoms with van der Waals surface area (Å²) in [5.41, 5.74) is 8.53. The molecule has 0 saturated heterocycles. The number of aryl methyl sites for hydroxylation is 2. The highest BCUT2D eigenvalue weighted by atomic mass is 32.1. The van der Waals surface area contributed by atoms with Crippen molar-refractivity contribution in [2.75, 3.05) is 17.2 Å². The summed E-state index contributed by atoms with van der Waals surface area (Å²) in [6, 6.07) is 9.46. The largest absolute Gasteiger partial charge is 0.399 e. The van der Waals surface area contributed by atoms with Gasteiger partial charge in [-0.05, 0) is 50.1 Å². The smallest absolute Gasteiger partial charge is 0.268 e. The fraction of sp³-hybridized carbons (Fsp3) is 0.312. The lowest BCUT2D eigenvalue weighted by molar-refractivity contribution is 0.0991. The summed E-state index contributed by atoms with van der Waals surface area (Å²) in [6.07, 6.45) is 0.907. The Bertz CT molecular complexity index is 599. The van der Waals surface area contributed by atoms with E-state index >= 15 is 0 Å². The molecule has 0 fully saturated rings. The van der Waals surface area contributed by atoms with Crippen LogP contribution in [0.15, 0.2) is 30.3 Å². The molecule has 0 aliphatic carbocycles. The summed E-state index contributed by atoms with van der Waals surface area (Å²) in [4.78, 5) is 16.5. The molecule has 2 rings (SSSR count). The molecular formula is C16H20N2OS. The number of nitrogens with zero attached hydrogens (tertiary/aromatic N) is 1. The van der Waals surface area contributed by atoms with Crippen LogP contribution >= 0.6 is 11.3 Å². The average molecular weight is 288 g/mol. The molecule has 1 aromatic heterocycles. The molecule has 0 unspecified atom stereocenters. The number of anilines is 2. The maximum absolute atomic E-state index is 12.7. The van der Waals surface area contributed by atoms with Gasteiger partial charge in [0, 0.05) is 22.8 Å². The van der Waals surface area contributed by atoms with Gasteiger partial charge >= 0.3 is 0 Å². The zero-order chi connectivity index (χ0) is 14.7. The third-order valence-electron chi connectivity index (χ3n) is 3.25. The van der Waals surface area contributed by atoms with E-state index in [1.54, 1.807) is 16.2 Å². The highest BCUT2D eigenvalue weighted by molar-refractivity contribution is 7.14.